The molecule has 0 saturated carbocycles. The zero-order valence-electron chi connectivity index (χ0n) is 10.8. The normalized spacial score (nSPS) is 10.4. The summed E-state index contributed by atoms with van der Waals surface area (Å²) in [5, 5.41) is 4.22. The van der Waals surface area contributed by atoms with Crippen molar-refractivity contribution < 1.29 is 0 Å². The van der Waals surface area contributed by atoms with Crippen molar-refractivity contribution in [2.24, 2.45) is 0 Å². The second-order valence-electron chi connectivity index (χ2n) is 4.27. The number of halogens is 2. The van der Waals surface area contributed by atoms with E-state index in [1.165, 1.54) is 0 Å². The average molecular weight is 317 g/mol. The van der Waals surface area contributed by atoms with Crippen LogP contribution in [0.1, 0.15) is 0 Å². The Hall–Kier alpha value is -2.17. The number of anilines is 2. The molecule has 0 aliphatic heterocycles. The number of aromatic nitrogens is 3. The van der Waals surface area contributed by atoms with Gasteiger partial charge in [-0.05, 0) is 30.3 Å². The molecule has 21 heavy (non-hydrogen) atoms. The zero-order chi connectivity index (χ0) is 14.7. The summed E-state index contributed by atoms with van der Waals surface area (Å²) in [5.74, 6) is 0.492. The lowest BCUT2D eigenvalue weighted by Gasteiger charge is -2.06. The summed E-state index contributed by atoms with van der Waals surface area (Å²) < 4.78 is 0. The lowest BCUT2D eigenvalue weighted by atomic mass is 10.1. The van der Waals surface area contributed by atoms with Gasteiger partial charge >= 0.3 is 0 Å². The Morgan fingerprint density at radius 2 is 1.67 bits per heavy atom. The molecule has 3 rings (SSSR count). The lowest BCUT2D eigenvalue weighted by Crippen LogP contribution is -1.98. The van der Waals surface area contributed by atoms with Crippen LogP contribution in [0, 0.1) is 0 Å². The Morgan fingerprint density at radius 3 is 2.38 bits per heavy atom. The summed E-state index contributed by atoms with van der Waals surface area (Å²) in [6, 6.07) is 12.8. The SMILES string of the molecule is Clc1ccc(-c2ccnc(Nc3ccc(Cl)nc3)n2)cc1. The fraction of sp³-hybridized carbons (Fsp3) is 0. The molecule has 0 atom stereocenters. The third kappa shape index (κ3) is 3.48. The van der Waals surface area contributed by atoms with Gasteiger partial charge in [0, 0.05) is 16.8 Å². The van der Waals surface area contributed by atoms with Gasteiger partial charge in [-0.1, -0.05) is 35.3 Å². The van der Waals surface area contributed by atoms with Crippen LogP contribution >= 0.6 is 23.2 Å². The standard InChI is InChI=1S/C15H10Cl2N4/c16-11-3-1-10(2-4-11)13-7-8-18-15(21-13)20-12-5-6-14(17)19-9-12/h1-9H,(H,18,20,21). The van der Waals surface area contributed by atoms with Crippen LogP contribution in [0.2, 0.25) is 10.2 Å². The molecule has 2 aromatic heterocycles. The maximum Gasteiger partial charge on any atom is 0.227 e. The minimum Gasteiger partial charge on any atom is -0.323 e. The van der Waals surface area contributed by atoms with Crippen molar-refractivity contribution in [3.05, 3.63) is 65.0 Å². The van der Waals surface area contributed by atoms with E-state index in [-0.39, 0.29) is 0 Å². The fourth-order valence-electron chi connectivity index (χ4n) is 1.78. The van der Waals surface area contributed by atoms with E-state index in [2.05, 4.69) is 20.3 Å². The first-order valence-electron chi connectivity index (χ1n) is 6.18. The first-order chi connectivity index (χ1) is 10.2. The molecule has 1 N–H and O–H groups in total. The first kappa shape index (κ1) is 13.8. The van der Waals surface area contributed by atoms with Gasteiger partial charge in [-0.25, -0.2) is 15.0 Å². The highest BCUT2D eigenvalue weighted by Gasteiger charge is 2.03. The quantitative estimate of drug-likeness (QED) is 0.718. The summed E-state index contributed by atoms with van der Waals surface area (Å²) in [6.45, 7) is 0. The van der Waals surface area contributed by atoms with E-state index >= 15 is 0 Å². The van der Waals surface area contributed by atoms with Gasteiger partial charge in [0.25, 0.3) is 0 Å². The maximum absolute atomic E-state index is 5.89. The number of nitrogens with one attached hydrogen (secondary N) is 1. The Balaban J connectivity index is 1.86. The van der Waals surface area contributed by atoms with Crippen molar-refractivity contribution in [1.82, 2.24) is 15.0 Å². The minimum absolute atomic E-state index is 0.441. The number of pyridine rings is 1. The molecule has 0 spiro atoms. The van der Waals surface area contributed by atoms with Crippen LogP contribution in [0.3, 0.4) is 0 Å². The van der Waals surface area contributed by atoms with Crippen molar-refractivity contribution in [2.45, 2.75) is 0 Å². The Bertz CT molecular complexity index is 742. The average Bonchev–Trinajstić information content (AvgIpc) is 2.51. The van der Waals surface area contributed by atoms with E-state index in [1.807, 2.05) is 36.4 Å². The van der Waals surface area contributed by atoms with E-state index in [9.17, 15) is 0 Å². The Labute approximate surface area is 131 Å². The molecular formula is C15H10Cl2N4. The van der Waals surface area contributed by atoms with E-state index < -0.39 is 0 Å². The van der Waals surface area contributed by atoms with E-state index in [1.54, 1.807) is 18.5 Å². The molecule has 4 nitrogen and oxygen atoms in total. The molecule has 0 amide bonds. The molecule has 0 aliphatic rings. The van der Waals surface area contributed by atoms with Crippen LogP contribution in [0.25, 0.3) is 11.3 Å². The number of hydrogen-bond donors (Lipinski definition) is 1. The molecule has 0 aliphatic carbocycles. The van der Waals surface area contributed by atoms with Gasteiger partial charge in [0.15, 0.2) is 0 Å². The van der Waals surface area contributed by atoms with Crippen molar-refractivity contribution in [3.63, 3.8) is 0 Å². The van der Waals surface area contributed by atoms with Gasteiger partial charge in [0.05, 0.1) is 17.6 Å². The van der Waals surface area contributed by atoms with Crippen molar-refractivity contribution in [1.29, 1.82) is 0 Å². The molecule has 0 unspecified atom stereocenters. The third-order valence-corrected chi connectivity index (χ3v) is 3.25. The molecule has 0 bridgehead atoms. The van der Waals surface area contributed by atoms with Gasteiger partial charge in [-0.3, -0.25) is 0 Å². The van der Waals surface area contributed by atoms with Gasteiger partial charge < -0.3 is 5.32 Å². The second-order valence-corrected chi connectivity index (χ2v) is 5.09. The highest BCUT2D eigenvalue weighted by Crippen LogP contribution is 2.21. The van der Waals surface area contributed by atoms with Crippen LogP contribution in [0.15, 0.2) is 54.9 Å². The van der Waals surface area contributed by atoms with Crippen LogP contribution in [-0.2, 0) is 0 Å². The van der Waals surface area contributed by atoms with E-state index in [0.29, 0.717) is 16.1 Å². The molecular weight excluding hydrogens is 307 g/mol. The molecule has 3 aromatic rings. The fourth-order valence-corrected chi connectivity index (χ4v) is 2.02. The van der Waals surface area contributed by atoms with Crippen molar-refractivity contribution >= 4 is 34.8 Å². The molecule has 104 valence electrons. The number of rotatable bonds is 3. The van der Waals surface area contributed by atoms with Crippen molar-refractivity contribution in [2.75, 3.05) is 5.32 Å². The van der Waals surface area contributed by atoms with Crippen LogP contribution in [0.5, 0.6) is 0 Å². The summed E-state index contributed by atoms with van der Waals surface area (Å²) in [5.41, 5.74) is 2.55. The monoisotopic (exact) mass is 316 g/mol. The predicted octanol–water partition coefficient (Wildman–Crippen LogP) is 4.59. The summed E-state index contributed by atoms with van der Waals surface area (Å²) >= 11 is 11.6. The zero-order valence-corrected chi connectivity index (χ0v) is 12.3. The molecule has 2 heterocycles. The molecule has 0 saturated heterocycles. The lowest BCUT2D eigenvalue weighted by molar-refractivity contribution is 1.16. The van der Waals surface area contributed by atoms with Gasteiger partial charge in [-0.15, -0.1) is 0 Å². The summed E-state index contributed by atoms with van der Waals surface area (Å²) in [7, 11) is 0. The smallest absolute Gasteiger partial charge is 0.227 e. The van der Waals surface area contributed by atoms with Gasteiger partial charge in [0.2, 0.25) is 5.95 Å². The number of nitrogens with zero attached hydrogens (tertiary/aromatic N) is 3. The second kappa shape index (κ2) is 6.08. The molecule has 0 radical (unpaired) electrons. The van der Waals surface area contributed by atoms with E-state index in [4.69, 9.17) is 23.2 Å². The topological polar surface area (TPSA) is 50.7 Å². The largest absolute Gasteiger partial charge is 0.323 e. The molecule has 0 fully saturated rings. The van der Waals surface area contributed by atoms with Gasteiger partial charge in [0.1, 0.15) is 5.15 Å². The highest BCUT2D eigenvalue weighted by atomic mass is 35.5. The van der Waals surface area contributed by atoms with Crippen molar-refractivity contribution in [3.8, 4) is 11.3 Å². The third-order valence-electron chi connectivity index (χ3n) is 2.78. The summed E-state index contributed by atoms with van der Waals surface area (Å²) in [4.78, 5) is 12.7. The Kier molecular flexibility index (Phi) is 3.99. The number of hydrogen-bond acceptors (Lipinski definition) is 4. The first-order valence-corrected chi connectivity index (χ1v) is 6.94. The number of benzene rings is 1. The van der Waals surface area contributed by atoms with Crippen LogP contribution in [0.4, 0.5) is 11.6 Å². The summed E-state index contributed by atoms with van der Waals surface area (Å²) in [6.07, 6.45) is 3.32. The molecule has 6 heteroatoms. The van der Waals surface area contributed by atoms with E-state index in [0.717, 1.165) is 16.9 Å². The maximum atomic E-state index is 5.89. The molecule has 1 aromatic carbocycles. The highest BCUT2D eigenvalue weighted by molar-refractivity contribution is 6.30. The van der Waals surface area contributed by atoms with Gasteiger partial charge in [-0.2, -0.15) is 0 Å². The Morgan fingerprint density at radius 1 is 0.857 bits per heavy atom. The minimum atomic E-state index is 0.441. The predicted molar refractivity (Wildman–Crippen MR) is 85.0 cm³/mol. The van der Waals surface area contributed by atoms with Crippen LogP contribution < -0.4 is 5.32 Å². The van der Waals surface area contributed by atoms with Crippen LogP contribution in [-0.4, -0.2) is 15.0 Å².